The number of nitrogens with two attached hydrogens (primary N) is 1. The number of hydrogen-bond acceptors (Lipinski definition) is 4. The Balaban J connectivity index is 2.39. The number of anilines is 1. The van der Waals surface area contributed by atoms with Gasteiger partial charge in [0.05, 0.1) is 13.7 Å². The highest BCUT2D eigenvalue weighted by Gasteiger charge is 2.05. The van der Waals surface area contributed by atoms with Crippen LogP contribution in [0.2, 0.25) is 0 Å². The van der Waals surface area contributed by atoms with Gasteiger partial charge in [-0.15, -0.1) is 0 Å². The summed E-state index contributed by atoms with van der Waals surface area (Å²) in [7, 11) is 1.58. The Bertz CT molecular complexity index is 578. The Morgan fingerprint density at radius 2 is 2.24 bits per heavy atom. The largest absolute Gasteiger partial charge is 0.496 e. The Kier molecular flexibility index (Phi) is 3.09. The van der Waals surface area contributed by atoms with E-state index in [2.05, 4.69) is 5.10 Å². The third-order valence-corrected chi connectivity index (χ3v) is 2.41. The zero-order chi connectivity index (χ0) is 12.3. The molecule has 0 aliphatic rings. The van der Waals surface area contributed by atoms with Crippen molar-refractivity contribution in [3.63, 3.8) is 0 Å². The van der Waals surface area contributed by atoms with Crippen LogP contribution in [-0.2, 0) is 6.54 Å². The van der Waals surface area contributed by atoms with E-state index >= 15 is 0 Å². The van der Waals surface area contributed by atoms with E-state index in [9.17, 15) is 4.79 Å². The predicted molar refractivity (Wildman–Crippen MR) is 65.0 cm³/mol. The minimum absolute atomic E-state index is 0.156. The zero-order valence-electron chi connectivity index (χ0n) is 9.46. The van der Waals surface area contributed by atoms with Crippen LogP contribution in [0.3, 0.4) is 0 Å². The maximum absolute atomic E-state index is 11.5. The van der Waals surface area contributed by atoms with Crippen molar-refractivity contribution >= 4 is 5.69 Å². The summed E-state index contributed by atoms with van der Waals surface area (Å²) in [6.07, 6.45) is 1.57. The molecule has 0 bridgehead atoms. The van der Waals surface area contributed by atoms with Crippen LogP contribution in [0.25, 0.3) is 0 Å². The first-order chi connectivity index (χ1) is 8.20. The van der Waals surface area contributed by atoms with Gasteiger partial charge < -0.3 is 10.5 Å². The summed E-state index contributed by atoms with van der Waals surface area (Å²) in [4.78, 5) is 11.5. The molecule has 0 saturated heterocycles. The summed E-state index contributed by atoms with van der Waals surface area (Å²) >= 11 is 0. The van der Waals surface area contributed by atoms with Crippen molar-refractivity contribution in [2.45, 2.75) is 6.54 Å². The highest BCUT2D eigenvalue weighted by Crippen LogP contribution is 2.21. The molecule has 88 valence electrons. The number of ether oxygens (including phenoxy) is 1. The molecule has 0 radical (unpaired) electrons. The number of rotatable bonds is 3. The van der Waals surface area contributed by atoms with Gasteiger partial charge in [-0.05, 0) is 24.3 Å². The number of nitrogens with zero attached hydrogens (tertiary/aromatic N) is 2. The van der Waals surface area contributed by atoms with Gasteiger partial charge in [-0.3, -0.25) is 4.79 Å². The summed E-state index contributed by atoms with van der Waals surface area (Å²) in [5.74, 6) is 0.691. The molecule has 2 N–H and O–H groups in total. The van der Waals surface area contributed by atoms with Gasteiger partial charge >= 0.3 is 0 Å². The summed E-state index contributed by atoms with van der Waals surface area (Å²) < 4.78 is 6.57. The number of nitrogen functional groups attached to an aromatic ring is 1. The maximum atomic E-state index is 11.5. The van der Waals surface area contributed by atoms with Gasteiger partial charge in [-0.25, -0.2) is 4.68 Å². The van der Waals surface area contributed by atoms with Crippen LogP contribution in [0, 0.1) is 0 Å². The van der Waals surface area contributed by atoms with Gasteiger partial charge in [-0.1, -0.05) is 0 Å². The SMILES string of the molecule is COc1ccc(N)cc1Cn1ncccc1=O. The highest BCUT2D eigenvalue weighted by molar-refractivity contribution is 5.47. The lowest BCUT2D eigenvalue weighted by Crippen LogP contribution is -2.22. The normalized spacial score (nSPS) is 10.2. The molecule has 1 heterocycles. The van der Waals surface area contributed by atoms with Gasteiger partial charge in [0.2, 0.25) is 0 Å². The molecule has 5 nitrogen and oxygen atoms in total. The molecule has 2 rings (SSSR count). The van der Waals surface area contributed by atoms with Crippen LogP contribution in [0.5, 0.6) is 5.75 Å². The molecule has 5 heteroatoms. The fourth-order valence-corrected chi connectivity index (χ4v) is 1.59. The monoisotopic (exact) mass is 231 g/mol. The Morgan fingerprint density at radius 1 is 1.41 bits per heavy atom. The van der Waals surface area contributed by atoms with Crippen LogP contribution >= 0.6 is 0 Å². The number of benzene rings is 1. The second kappa shape index (κ2) is 4.69. The van der Waals surface area contributed by atoms with Crippen molar-refractivity contribution in [1.29, 1.82) is 0 Å². The van der Waals surface area contributed by atoms with E-state index in [4.69, 9.17) is 10.5 Å². The molecular formula is C12H13N3O2. The van der Waals surface area contributed by atoms with Crippen LogP contribution in [0.15, 0.2) is 41.3 Å². The molecule has 0 saturated carbocycles. The van der Waals surface area contributed by atoms with E-state index < -0.39 is 0 Å². The average molecular weight is 231 g/mol. The van der Waals surface area contributed by atoms with Gasteiger partial charge in [0.1, 0.15) is 5.75 Å². The fourth-order valence-electron chi connectivity index (χ4n) is 1.59. The van der Waals surface area contributed by atoms with Gasteiger partial charge in [0.15, 0.2) is 0 Å². The van der Waals surface area contributed by atoms with Gasteiger partial charge in [0, 0.05) is 23.5 Å². The Hall–Kier alpha value is -2.30. The lowest BCUT2D eigenvalue weighted by Gasteiger charge is -2.09. The maximum Gasteiger partial charge on any atom is 0.267 e. The lowest BCUT2D eigenvalue weighted by atomic mass is 10.2. The molecule has 1 aromatic carbocycles. The minimum Gasteiger partial charge on any atom is -0.496 e. The topological polar surface area (TPSA) is 70.1 Å². The summed E-state index contributed by atoms with van der Waals surface area (Å²) in [5.41, 5.74) is 7.01. The molecule has 0 unspecified atom stereocenters. The fraction of sp³-hybridized carbons (Fsp3) is 0.167. The number of hydrogen-bond donors (Lipinski definition) is 1. The Morgan fingerprint density at radius 3 is 2.94 bits per heavy atom. The Labute approximate surface area is 98.5 Å². The van der Waals surface area contributed by atoms with Crippen LogP contribution in [0.4, 0.5) is 5.69 Å². The third kappa shape index (κ3) is 2.44. The molecule has 1 aromatic heterocycles. The van der Waals surface area contributed by atoms with Crippen molar-refractivity contribution in [2.75, 3.05) is 12.8 Å². The summed E-state index contributed by atoms with van der Waals surface area (Å²) in [6.45, 7) is 0.341. The molecule has 17 heavy (non-hydrogen) atoms. The quantitative estimate of drug-likeness (QED) is 0.796. The molecule has 0 aliphatic carbocycles. The zero-order valence-corrected chi connectivity index (χ0v) is 9.46. The van der Waals surface area contributed by atoms with E-state index in [1.54, 1.807) is 37.6 Å². The molecule has 0 aliphatic heterocycles. The summed E-state index contributed by atoms with van der Waals surface area (Å²) in [5, 5.41) is 3.99. The smallest absolute Gasteiger partial charge is 0.267 e. The van der Waals surface area contributed by atoms with E-state index in [0.29, 0.717) is 18.0 Å². The van der Waals surface area contributed by atoms with E-state index in [0.717, 1.165) is 5.56 Å². The molecule has 2 aromatic rings. The predicted octanol–water partition coefficient (Wildman–Crippen LogP) is 0.882. The van der Waals surface area contributed by atoms with Crippen LogP contribution in [-0.4, -0.2) is 16.9 Å². The highest BCUT2D eigenvalue weighted by atomic mass is 16.5. The second-order valence-corrected chi connectivity index (χ2v) is 3.59. The van der Waals surface area contributed by atoms with Gasteiger partial charge in [0.25, 0.3) is 5.56 Å². The average Bonchev–Trinajstić information content (AvgIpc) is 2.32. The van der Waals surface area contributed by atoms with Crippen LogP contribution in [0.1, 0.15) is 5.56 Å². The van der Waals surface area contributed by atoms with Crippen molar-refractivity contribution in [3.8, 4) is 5.75 Å². The standard InChI is InChI=1S/C12H13N3O2/c1-17-11-5-4-10(13)7-9(11)8-15-12(16)3-2-6-14-15/h2-7H,8,13H2,1H3. The van der Waals surface area contributed by atoms with Crippen molar-refractivity contribution < 1.29 is 4.74 Å². The molecule has 0 spiro atoms. The molecule has 0 amide bonds. The molecule has 0 atom stereocenters. The van der Waals surface area contributed by atoms with Crippen molar-refractivity contribution in [1.82, 2.24) is 9.78 Å². The van der Waals surface area contributed by atoms with E-state index in [1.165, 1.54) is 10.7 Å². The number of aromatic nitrogens is 2. The second-order valence-electron chi connectivity index (χ2n) is 3.59. The van der Waals surface area contributed by atoms with Crippen molar-refractivity contribution in [3.05, 3.63) is 52.4 Å². The lowest BCUT2D eigenvalue weighted by molar-refractivity contribution is 0.407. The molecule has 0 fully saturated rings. The third-order valence-electron chi connectivity index (χ3n) is 2.41. The summed E-state index contributed by atoms with van der Waals surface area (Å²) in [6, 6.07) is 8.38. The van der Waals surface area contributed by atoms with Crippen molar-refractivity contribution in [2.24, 2.45) is 0 Å². The minimum atomic E-state index is -0.156. The van der Waals surface area contributed by atoms with Crippen LogP contribution < -0.4 is 16.0 Å². The first-order valence-corrected chi connectivity index (χ1v) is 5.15. The first kappa shape index (κ1) is 11.2. The molecular weight excluding hydrogens is 218 g/mol. The van der Waals surface area contributed by atoms with E-state index in [1.807, 2.05) is 0 Å². The van der Waals surface area contributed by atoms with E-state index in [-0.39, 0.29) is 5.56 Å². The number of methoxy groups -OCH3 is 1. The first-order valence-electron chi connectivity index (χ1n) is 5.15. The van der Waals surface area contributed by atoms with Gasteiger partial charge in [-0.2, -0.15) is 5.10 Å².